The van der Waals surface area contributed by atoms with E-state index in [1.165, 1.54) is 12.1 Å². The van der Waals surface area contributed by atoms with Crippen molar-refractivity contribution >= 4 is 10.9 Å². The van der Waals surface area contributed by atoms with Gasteiger partial charge in [-0.05, 0) is 29.8 Å². The van der Waals surface area contributed by atoms with E-state index in [-0.39, 0.29) is 6.61 Å². The van der Waals surface area contributed by atoms with Crippen LogP contribution in [0, 0.1) is 11.6 Å². The Morgan fingerprint density at radius 2 is 1.74 bits per heavy atom. The molecule has 96 valence electrons. The minimum atomic E-state index is -0.616. The largest absolute Gasteiger partial charge is 0.392 e. The minimum absolute atomic E-state index is 0.0706. The number of aromatic nitrogens is 1. The summed E-state index contributed by atoms with van der Waals surface area (Å²) in [5, 5.41) is 10.1. The van der Waals surface area contributed by atoms with Crippen molar-refractivity contribution in [3.8, 4) is 5.69 Å². The summed E-state index contributed by atoms with van der Waals surface area (Å²) in [5.74, 6) is -1.23. The van der Waals surface area contributed by atoms with Gasteiger partial charge in [-0.1, -0.05) is 12.1 Å². The van der Waals surface area contributed by atoms with Crippen LogP contribution in [0.25, 0.3) is 16.6 Å². The summed E-state index contributed by atoms with van der Waals surface area (Å²) in [6, 6.07) is 10.7. The average Bonchev–Trinajstić information content (AvgIpc) is 2.81. The molecule has 1 N–H and O–H groups in total. The van der Waals surface area contributed by atoms with E-state index in [1.807, 2.05) is 18.2 Å². The van der Waals surface area contributed by atoms with E-state index >= 15 is 0 Å². The van der Waals surface area contributed by atoms with Gasteiger partial charge in [-0.15, -0.1) is 0 Å². The molecule has 1 aromatic heterocycles. The Labute approximate surface area is 108 Å². The summed E-state index contributed by atoms with van der Waals surface area (Å²) in [6.45, 7) is -0.0706. The van der Waals surface area contributed by atoms with Crippen LogP contribution in [0.1, 0.15) is 5.56 Å². The highest BCUT2D eigenvalue weighted by Crippen LogP contribution is 2.24. The summed E-state index contributed by atoms with van der Waals surface area (Å²) >= 11 is 0. The molecule has 2 aromatic carbocycles. The third-order valence-corrected chi connectivity index (χ3v) is 3.12. The zero-order valence-corrected chi connectivity index (χ0v) is 9.98. The van der Waals surface area contributed by atoms with Gasteiger partial charge in [0.2, 0.25) is 0 Å². The van der Waals surface area contributed by atoms with E-state index in [4.69, 9.17) is 0 Å². The third-order valence-electron chi connectivity index (χ3n) is 3.12. The Kier molecular flexibility index (Phi) is 2.80. The fourth-order valence-corrected chi connectivity index (χ4v) is 2.27. The van der Waals surface area contributed by atoms with E-state index in [0.717, 1.165) is 22.5 Å². The number of hydrogen-bond acceptors (Lipinski definition) is 1. The third kappa shape index (κ3) is 2.00. The summed E-state index contributed by atoms with van der Waals surface area (Å²) in [5.41, 5.74) is 2.01. The van der Waals surface area contributed by atoms with Crippen LogP contribution in [-0.2, 0) is 6.61 Å². The molecule has 0 saturated heterocycles. The summed E-state index contributed by atoms with van der Waals surface area (Å²) in [4.78, 5) is 0. The Hall–Kier alpha value is -2.20. The van der Waals surface area contributed by atoms with Gasteiger partial charge in [0.1, 0.15) is 11.6 Å². The fraction of sp³-hybridized carbons (Fsp3) is 0.0667. The molecule has 0 bridgehead atoms. The fourth-order valence-electron chi connectivity index (χ4n) is 2.27. The molecule has 0 aliphatic heterocycles. The number of aliphatic hydroxyl groups excluding tert-OH is 1. The quantitative estimate of drug-likeness (QED) is 0.749. The first-order valence-electron chi connectivity index (χ1n) is 5.85. The maximum atomic E-state index is 13.3. The second kappa shape index (κ2) is 4.48. The number of hydrogen-bond donors (Lipinski definition) is 1. The van der Waals surface area contributed by atoms with Gasteiger partial charge in [-0.2, -0.15) is 0 Å². The second-order valence-electron chi connectivity index (χ2n) is 4.32. The van der Waals surface area contributed by atoms with Crippen LogP contribution in [0.5, 0.6) is 0 Å². The van der Waals surface area contributed by atoms with Crippen molar-refractivity contribution in [1.29, 1.82) is 0 Å². The number of rotatable bonds is 2. The van der Waals surface area contributed by atoms with E-state index in [2.05, 4.69) is 0 Å². The number of fused-ring (bicyclic) bond motifs is 1. The van der Waals surface area contributed by atoms with Crippen molar-refractivity contribution in [2.45, 2.75) is 6.61 Å². The van der Waals surface area contributed by atoms with Gasteiger partial charge in [0.15, 0.2) is 0 Å². The van der Waals surface area contributed by atoms with E-state index in [9.17, 15) is 13.9 Å². The van der Waals surface area contributed by atoms with Crippen LogP contribution in [-0.4, -0.2) is 9.67 Å². The minimum Gasteiger partial charge on any atom is -0.392 e. The summed E-state index contributed by atoms with van der Waals surface area (Å²) in [6.07, 6.45) is 1.73. The van der Waals surface area contributed by atoms with Crippen LogP contribution in [0.3, 0.4) is 0 Å². The molecule has 3 aromatic rings. The summed E-state index contributed by atoms with van der Waals surface area (Å²) < 4.78 is 28.2. The number of halogens is 2. The van der Waals surface area contributed by atoms with Crippen molar-refractivity contribution in [1.82, 2.24) is 4.57 Å². The first-order valence-corrected chi connectivity index (χ1v) is 5.85. The van der Waals surface area contributed by atoms with Crippen molar-refractivity contribution in [3.63, 3.8) is 0 Å². The lowest BCUT2D eigenvalue weighted by molar-refractivity contribution is 0.283. The van der Waals surface area contributed by atoms with Gasteiger partial charge < -0.3 is 9.67 Å². The molecular formula is C15H11F2NO. The highest BCUT2D eigenvalue weighted by Gasteiger charge is 2.08. The van der Waals surface area contributed by atoms with Gasteiger partial charge in [-0.25, -0.2) is 8.78 Å². The number of nitrogens with zero attached hydrogens (tertiary/aromatic N) is 1. The lowest BCUT2D eigenvalue weighted by Crippen LogP contribution is -1.95. The number of aliphatic hydroxyl groups is 1. The highest BCUT2D eigenvalue weighted by atomic mass is 19.1. The van der Waals surface area contributed by atoms with Gasteiger partial charge in [0.25, 0.3) is 0 Å². The van der Waals surface area contributed by atoms with Crippen LogP contribution in [0.15, 0.2) is 48.7 Å². The van der Waals surface area contributed by atoms with Crippen molar-refractivity contribution in [2.75, 3.05) is 0 Å². The lowest BCUT2D eigenvalue weighted by Gasteiger charge is -2.07. The Morgan fingerprint density at radius 3 is 2.42 bits per heavy atom. The first-order chi connectivity index (χ1) is 9.19. The zero-order valence-electron chi connectivity index (χ0n) is 9.98. The van der Waals surface area contributed by atoms with Crippen LogP contribution >= 0.6 is 0 Å². The standard InChI is InChI=1S/C15H11F2NO/c16-11-6-12(17)8-13(7-11)18-5-4-14-10(9-19)2-1-3-15(14)18/h1-8,19H,9H2. The lowest BCUT2D eigenvalue weighted by atomic mass is 10.1. The summed E-state index contributed by atoms with van der Waals surface area (Å²) in [7, 11) is 0. The first kappa shape index (κ1) is 11.9. The molecule has 0 aliphatic rings. The van der Waals surface area contributed by atoms with Crippen LogP contribution < -0.4 is 0 Å². The normalized spacial score (nSPS) is 11.1. The maximum Gasteiger partial charge on any atom is 0.128 e. The monoisotopic (exact) mass is 259 g/mol. The highest BCUT2D eigenvalue weighted by molar-refractivity contribution is 5.85. The molecule has 3 rings (SSSR count). The van der Waals surface area contributed by atoms with Crippen LogP contribution in [0.4, 0.5) is 8.78 Å². The maximum absolute atomic E-state index is 13.3. The average molecular weight is 259 g/mol. The molecule has 0 saturated carbocycles. The molecule has 0 spiro atoms. The predicted octanol–water partition coefficient (Wildman–Crippen LogP) is 3.40. The predicted molar refractivity (Wildman–Crippen MR) is 69.1 cm³/mol. The molecule has 19 heavy (non-hydrogen) atoms. The molecular weight excluding hydrogens is 248 g/mol. The van der Waals surface area contributed by atoms with Gasteiger partial charge in [0.05, 0.1) is 17.8 Å². The van der Waals surface area contributed by atoms with Crippen LogP contribution in [0.2, 0.25) is 0 Å². The van der Waals surface area contributed by atoms with Gasteiger partial charge in [-0.3, -0.25) is 0 Å². The van der Waals surface area contributed by atoms with Gasteiger partial charge >= 0.3 is 0 Å². The zero-order chi connectivity index (χ0) is 13.4. The van der Waals surface area contributed by atoms with Gasteiger partial charge in [0, 0.05) is 17.6 Å². The topological polar surface area (TPSA) is 25.2 Å². The van der Waals surface area contributed by atoms with E-state index in [1.54, 1.807) is 16.8 Å². The SMILES string of the molecule is OCc1cccc2c1ccn2-c1cc(F)cc(F)c1. The molecule has 0 aliphatic carbocycles. The van der Waals surface area contributed by atoms with E-state index in [0.29, 0.717) is 5.69 Å². The Bertz CT molecular complexity index is 729. The Morgan fingerprint density at radius 1 is 1.00 bits per heavy atom. The number of benzene rings is 2. The van der Waals surface area contributed by atoms with Crippen molar-refractivity contribution in [3.05, 3.63) is 65.9 Å². The molecule has 0 unspecified atom stereocenters. The molecule has 0 atom stereocenters. The second-order valence-corrected chi connectivity index (χ2v) is 4.32. The Balaban J connectivity index is 2.26. The molecule has 0 fully saturated rings. The van der Waals surface area contributed by atoms with E-state index < -0.39 is 11.6 Å². The molecule has 0 amide bonds. The molecule has 0 radical (unpaired) electrons. The smallest absolute Gasteiger partial charge is 0.128 e. The van der Waals surface area contributed by atoms with Crippen molar-refractivity contribution in [2.24, 2.45) is 0 Å². The molecule has 2 nitrogen and oxygen atoms in total. The molecule has 1 heterocycles. The molecule has 4 heteroatoms. The van der Waals surface area contributed by atoms with Crippen molar-refractivity contribution < 1.29 is 13.9 Å².